The van der Waals surface area contributed by atoms with E-state index in [9.17, 15) is 0 Å². The van der Waals surface area contributed by atoms with E-state index in [1.54, 1.807) is 0 Å². The first kappa shape index (κ1) is 19.0. The van der Waals surface area contributed by atoms with Gasteiger partial charge in [-0.05, 0) is 61.8 Å². The molecule has 21 heavy (non-hydrogen) atoms. The van der Waals surface area contributed by atoms with Crippen LogP contribution in [0.25, 0.3) is 0 Å². The van der Waals surface area contributed by atoms with Crippen LogP contribution in [0, 0.1) is 22.2 Å². The molecule has 126 valence electrons. The molecule has 0 bridgehead atoms. The van der Waals surface area contributed by atoms with Crippen LogP contribution in [0.3, 0.4) is 0 Å². The van der Waals surface area contributed by atoms with Crippen LogP contribution in [0.2, 0.25) is 0 Å². The summed E-state index contributed by atoms with van der Waals surface area (Å²) < 4.78 is 0. The standard InChI is InChI=1S/C20H41N/c1-17(2,3)16-12-11-13-21(14-16)20(9,10)15-19(7,8)18(4,5)6/h16H,11-15H2,1-10H3. The van der Waals surface area contributed by atoms with Gasteiger partial charge in [0.2, 0.25) is 0 Å². The van der Waals surface area contributed by atoms with E-state index in [0.717, 1.165) is 5.92 Å². The van der Waals surface area contributed by atoms with Crippen molar-refractivity contribution in [2.45, 2.75) is 94.0 Å². The number of piperidine rings is 1. The minimum absolute atomic E-state index is 0.292. The maximum Gasteiger partial charge on any atom is 0.0158 e. The van der Waals surface area contributed by atoms with E-state index in [4.69, 9.17) is 0 Å². The van der Waals surface area contributed by atoms with E-state index in [1.165, 1.54) is 32.4 Å². The van der Waals surface area contributed by atoms with Crippen molar-refractivity contribution in [2.24, 2.45) is 22.2 Å². The van der Waals surface area contributed by atoms with Crippen LogP contribution in [0.5, 0.6) is 0 Å². The Balaban J connectivity index is 2.83. The summed E-state index contributed by atoms with van der Waals surface area (Å²) in [5.74, 6) is 0.836. The number of hydrogen-bond donors (Lipinski definition) is 0. The lowest BCUT2D eigenvalue weighted by Crippen LogP contribution is -2.53. The molecule has 1 aliphatic rings. The van der Waals surface area contributed by atoms with E-state index in [2.05, 4.69) is 74.1 Å². The van der Waals surface area contributed by atoms with Gasteiger partial charge in [0, 0.05) is 12.1 Å². The number of rotatable bonds is 3. The highest BCUT2D eigenvalue weighted by atomic mass is 15.2. The van der Waals surface area contributed by atoms with Crippen LogP contribution >= 0.6 is 0 Å². The fourth-order valence-corrected chi connectivity index (χ4v) is 3.69. The van der Waals surface area contributed by atoms with Gasteiger partial charge in [0.1, 0.15) is 0 Å². The smallest absolute Gasteiger partial charge is 0.0158 e. The second-order valence-corrected chi connectivity index (χ2v) is 10.8. The molecule has 0 spiro atoms. The Morgan fingerprint density at radius 2 is 1.38 bits per heavy atom. The van der Waals surface area contributed by atoms with Gasteiger partial charge in [0.15, 0.2) is 0 Å². The zero-order valence-electron chi connectivity index (χ0n) is 16.6. The molecule has 0 N–H and O–H groups in total. The van der Waals surface area contributed by atoms with Gasteiger partial charge in [0.05, 0.1) is 0 Å². The third-order valence-corrected chi connectivity index (χ3v) is 6.41. The predicted octanol–water partition coefficient (Wildman–Crippen LogP) is 5.99. The van der Waals surface area contributed by atoms with E-state index in [-0.39, 0.29) is 0 Å². The minimum Gasteiger partial charge on any atom is -0.298 e. The van der Waals surface area contributed by atoms with Crippen LogP contribution in [0.1, 0.15) is 88.5 Å². The van der Waals surface area contributed by atoms with E-state index in [0.29, 0.717) is 21.8 Å². The van der Waals surface area contributed by atoms with E-state index >= 15 is 0 Å². The fourth-order valence-electron chi connectivity index (χ4n) is 3.69. The SMILES string of the molecule is CC(C)(C)C1CCCN(C(C)(C)CC(C)(C)C(C)(C)C)C1. The van der Waals surface area contributed by atoms with Crippen molar-refractivity contribution < 1.29 is 0 Å². The molecule has 1 atom stereocenters. The number of nitrogens with zero attached hydrogens (tertiary/aromatic N) is 1. The third-order valence-electron chi connectivity index (χ3n) is 6.41. The summed E-state index contributed by atoms with van der Waals surface area (Å²) >= 11 is 0. The molecule has 0 amide bonds. The van der Waals surface area contributed by atoms with Crippen LogP contribution in [-0.4, -0.2) is 23.5 Å². The average molecular weight is 296 g/mol. The first-order valence-electron chi connectivity index (χ1n) is 8.92. The average Bonchev–Trinajstić information content (AvgIpc) is 2.25. The summed E-state index contributed by atoms with van der Waals surface area (Å²) in [5.41, 5.74) is 1.43. The molecular formula is C20H41N. The zero-order chi connectivity index (χ0) is 16.7. The first-order valence-corrected chi connectivity index (χ1v) is 8.92. The second kappa shape index (κ2) is 5.87. The van der Waals surface area contributed by atoms with Crippen LogP contribution in [0.15, 0.2) is 0 Å². The van der Waals surface area contributed by atoms with Crippen LogP contribution in [0.4, 0.5) is 0 Å². The van der Waals surface area contributed by atoms with E-state index in [1.807, 2.05) is 0 Å². The van der Waals surface area contributed by atoms with Gasteiger partial charge in [-0.25, -0.2) is 0 Å². The molecule has 1 nitrogen and oxygen atoms in total. The fraction of sp³-hybridized carbons (Fsp3) is 1.00. The highest BCUT2D eigenvalue weighted by Crippen LogP contribution is 2.46. The van der Waals surface area contributed by atoms with Crippen molar-refractivity contribution >= 4 is 0 Å². The molecule has 0 aromatic carbocycles. The Labute approximate surface area is 134 Å². The van der Waals surface area contributed by atoms with E-state index < -0.39 is 0 Å². The lowest BCUT2D eigenvalue weighted by Gasteiger charge is -2.51. The van der Waals surface area contributed by atoms with Crippen LogP contribution < -0.4 is 0 Å². The van der Waals surface area contributed by atoms with Crippen molar-refractivity contribution in [1.29, 1.82) is 0 Å². The molecule has 0 aromatic rings. The van der Waals surface area contributed by atoms with Gasteiger partial charge >= 0.3 is 0 Å². The van der Waals surface area contributed by atoms with Crippen molar-refractivity contribution in [3.05, 3.63) is 0 Å². The molecular weight excluding hydrogens is 254 g/mol. The summed E-state index contributed by atoms with van der Waals surface area (Å²) in [5, 5.41) is 0. The Morgan fingerprint density at radius 1 is 0.857 bits per heavy atom. The molecule has 0 radical (unpaired) electrons. The summed E-state index contributed by atoms with van der Waals surface area (Å²) in [6, 6.07) is 0. The van der Waals surface area contributed by atoms with Gasteiger partial charge in [-0.15, -0.1) is 0 Å². The Morgan fingerprint density at radius 3 is 1.81 bits per heavy atom. The van der Waals surface area contributed by atoms with Gasteiger partial charge < -0.3 is 0 Å². The lowest BCUT2D eigenvalue weighted by atomic mass is 9.63. The quantitative estimate of drug-likeness (QED) is 0.618. The molecule has 0 aromatic heterocycles. The normalized spacial score (nSPS) is 23.4. The summed E-state index contributed by atoms with van der Waals surface area (Å²) in [6.45, 7) is 26.8. The molecule has 1 aliphatic heterocycles. The number of hydrogen-bond acceptors (Lipinski definition) is 1. The molecule has 1 heterocycles. The number of likely N-dealkylation sites (tertiary alicyclic amines) is 1. The molecule has 0 aliphatic carbocycles. The molecule has 0 saturated carbocycles. The Kier molecular flexibility index (Phi) is 5.31. The highest BCUT2D eigenvalue weighted by molar-refractivity contribution is 4.95. The Hall–Kier alpha value is -0.0400. The van der Waals surface area contributed by atoms with Crippen molar-refractivity contribution in [3.8, 4) is 0 Å². The molecule has 1 unspecified atom stereocenters. The molecule has 1 saturated heterocycles. The third kappa shape index (κ3) is 4.71. The van der Waals surface area contributed by atoms with Gasteiger partial charge in [0.25, 0.3) is 0 Å². The second-order valence-electron chi connectivity index (χ2n) is 10.8. The Bertz CT molecular complexity index is 338. The topological polar surface area (TPSA) is 3.24 Å². The molecule has 1 fully saturated rings. The van der Waals surface area contributed by atoms with Crippen molar-refractivity contribution in [2.75, 3.05) is 13.1 Å². The largest absolute Gasteiger partial charge is 0.298 e. The van der Waals surface area contributed by atoms with Gasteiger partial charge in [-0.3, -0.25) is 4.90 Å². The zero-order valence-corrected chi connectivity index (χ0v) is 16.6. The van der Waals surface area contributed by atoms with Crippen molar-refractivity contribution in [3.63, 3.8) is 0 Å². The monoisotopic (exact) mass is 295 g/mol. The predicted molar refractivity (Wildman–Crippen MR) is 95.7 cm³/mol. The maximum absolute atomic E-state index is 2.78. The summed E-state index contributed by atoms with van der Waals surface area (Å²) in [6.07, 6.45) is 4.03. The highest BCUT2D eigenvalue weighted by Gasteiger charge is 2.42. The lowest BCUT2D eigenvalue weighted by molar-refractivity contribution is -0.0159. The molecule has 1 rings (SSSR count). The first-order chi connectivity index (χ1) is 9.17. The van der Waals surface area contributed by atoms with Crippen molar-refractivity contribution in [1.82, 2.24) is 4.90 Å². The summed E-state index contributed by atoms with van der Waals surface area (Å²) in [7, 11) is 0. The molecule has 1 heteroatoms. The maximum atomic E-state index is 2.78. The van der Waals surface area contributed by atoms with Gasteiger partial charge in [-0.1, -0.05) is 55.4 Å². The summed E-state index contributed by atoms with van der Waals surface area (Å²) in [4.78, 5) is 2.78. The van der Waals surface area contributed by atoms with Gasteiger partial charge in [-0.2, -0.15) is 0 Å². The minimum atomic E-state index is 0.292. The van der Waals surface area contributed by atoms with Crippen LogP contribution in [-0.2, 0) is 0 Å².